The molecule has 0 aliphatic heterocycles. The summed E-state index contributed by atoms with van der Waals surface area (Å²) in [7, 11) is 0. The number of aryl methyl sites for hydroxylation is 3. The molecule has 0 saturated heterocycles. The van der Waals surface area contributed by atoms with Gasteiger partial charge in [0.15, 0.2) is 0 Å². The maximum Gasteiger partial charge on any atom is 0.0479 e. The Morgan fingerprint density at radius 3 is 2.61 bits per heavy atom. The lowest BCUT2D eigenvalue weighted by Crippen LogP contribution is -1.95. The summed E-state index contributed by atoms with van der Waals surface area (Å²) in [5.41, 5.74) is 6.97. The predicted octanol–water partition coefficient (Wildman–Crippen LogP) is 3.88. The van der Waals surface area contributed by atoms with E-state index in [2.05, 4.69) is 49.3 Å². The zero-order chi connectivity index (χ0) is 13.0. The first-order valence-electron chi connectivity index (χ1n) is 6.34. The summed E-state index contributed by atoms with van der Waals surface area (Å²) >= 11 is 0. The molecule has 1 aliphatic rings. The van der Waals surface area contributed by atoms with Crippen molar-refractivity contribution in [2.24, 2.45) is 0 Å². The van der Waals surface area contributed by atoms with Crippen molar-refractivity contribution < 1.29 is 0 Å². The number of rotatable bonds is 0. The van der Waals surface area contributed by atoms with Crippen molar-refractivity contribution in [3.63, 3.8) is 0 Å². The van der Waals surface area contributed by atoms with E-state index in [9.17, 15) is 0 Å². The quantitative estimate of drug-likeness (QED) is 0.634. The molecule has 0 amide bonds. The fraction of sp³-hybridized carbons (Fsp3) is 0.235. The molecule has 92 valence electrons. The fourth-order valence-electron chi connectivity index (χ4n) is 2.47. The van der Waals surface area contributed by atoms with Crippen molar-refractivity contribution in [1.82, 2.24) is 4.98 Å². The Hall–Kier alpha value is -1.89. The van der Waals surface area contributed by atoms with Crippen LogP contribution in [-0.4, -0.2) is 4.98 Å². The van der Waals surface area contributed by atoms with Crippen LogP contribution < -0.4 is 0 Å². The third-order valence-electron chi connectivity index (χ3n) is 3.37. The van der Waals surface area contributed by atoms with Gasteiger partial charge >= 0.3 is 0 Å². The van der Waals surface area contributed by atoms with Crippen LogP contribution in [0.25, 0.3) is 0 Å². The van der Waals surface area contributed by atoms with Gasteiger partial charge in [0.25, 0.3) is 0 Å². The zero-order valence-electron chi connectivity index (χ0n) is 10.9. The highest BCUT2D eigenvalue weighted by Crippen LogP contribution is 2.23. The molecule has 1 aromatic carbocycles. The Bertz CT molecular complexity index is 543. The van der Waals surface area contributed by atoms with E-state index in [0.29, 0.717) is 0 Å². The largest absolute Gasteiger partial charge is 0.261 e. The molecule has 0 fully saturated rings. The van der Waals surface area contributed by atoms with Crippen LogP contribution in [-0.2, 0) is 19.3 Å². The highest BCUT2D eigenvalue weighted by atomic mass is 14.7. The van der Waals surface area contributed by atoms with E-state index in [-0.39, 0.29) is 0 Å². The van der Waals surface area contributed by atoms with E-state index >= 15 is 0 Å². The van der Waals surface area contributed by atoms with Gasteiger partial charge in [-0.15, -0.1) is 13.2 Å². The van der Waals surface area contributed by atoms with Crippen LogP contribution in [0.15, 0.2) is 49.7 Å². The van der Waals surface area contributed by atoms with Crippen LogP contribution in [0, 0.1) is 6.92 Å². The van der Waals surface area contributed by atoms with Crippen LogP contribution in [0.2, 0.25) is 0 Å². The fourth-order valence-corrected chi connectivity index (χ4v) is 2.47. The molecule has 0 N–H and O–H groups in total. The summed E-state index contributed by atoms with van der Waals surface area (Å²) in [6.07, 6.45) is 5.17. The number of hydrogen-bond donors (Lipinski definition) is 0. The van der Waals surface area contributed by atoms with Crippen molar-refractivity contribution in [1.29, 1.82) is 0 Å². The molecule has 0 unspecified atom stereocenters. The van der Waals surface area contributed by atoms with Gasteiger partial charge in [-0.2, -0.15) is 0 Å². The van der Waals surface area contributed by atoms with Crippen molar-refractivity contribution in [3.05, 3.63) is 77.6 Å². The van der Waals surface area contributed by atoms with Gasteiger partial charge in [0.2, 0.25) is 0 Å². The lowest BCUT2D eigenvalue weighted by molar-refractivity contribution is 0.950. The van der Waals surface area contributed by atoms with Crippen LogP contribution in [0.1, 0.15) is 27.9 Å². The maximum absolute atomic E-state index is 4.50. The number of pyridine rings is 1. The average molecular weight is 237 g/mol. The third kappa shape index (κ3) is 2.51. The van der Waals surface area contributed by atoms with E-state index in [1.54, 1.807) is 0 Å². The number of nitrogens with zero attached hydrogens (tertiary/aromatic N) is 1. The molecule has 1 heteroatoms. The lowest BCUT2D eigenvalue weighted by atomic mass is 10.0. The molecule has 1 nitrogen and oxygen atoms in total. The summed E-state index contributed by atoms with van der Waals surface area (Å²) in [6.45, 7) is 8.16. The number of fused-ring (bicyclic) bond motifs is 2. The molecule has 0 radical (unpaired) electrons. The van der Waals surface area contributed by atoms with E-state index < -0.39 is 0 Å². The Morgan fingerprint density at radius 1 is 1.00 bits per heavy atom. The minimum absolute atomic E-state index is 0.992. The van der Waals surface area contributed by atoms with E-state index in [0.717, 1.165) is 19.3 Å². The van der Waals surface area contributed by atoms with Crippen molar-refractivity contribution >= 4 is 0 Å². The van der Waals surface area contributed by atoms with Gasteiger partial charge in [-0.1, -0.05) is 29.8 Å². The van der Waals surface area contributed by atoms with Gasteiger partial charge in [-0.25, -0.2) is 0 Å². The predicted molar refractivity (Wildman–Crippen MR) is 76.9 cm³/mol. The molecule has 0 spiro atoms. The summed E-state index contributed by atoms with van der Waals surface area (Å²) in [5, 5.41) is 0. The van der Waals surface area contributed by atoms with Crippen molar-refractivity contribution in [2.45, 2.75) is 26.2 Å². The van der Waals surface area contributed by atoms with Crippen molar-refractivity contribution in [2.75, 3.05) is 0 Å². The molecular formula is C17H19N. The SMILES string of the molecule is C=C.Cc1ccc2c(c1)CCc1cccnc1C2. The molecule has 2 aromatic rings. The normalized spacial score (nSPS) is 12.5. The van der Waals surface area contributed by atoms with Gasteiger partial charge in [-0.3, -0.25) is 4.98 Å². The second-order valence-electron chi connectivity index (χ2n) is 4.56. The van der Waals surface area contributed by atoms with Gasteiger partial charge in [0.1, 0.15) is 0 Å². The Balaban J connectivity index is 0.000000574. The van der Waals surface area contributed by atoms with Crippen LogP contribution in [0.4, 0.5) is 0 Å². The molecule has 18 heavy (non-hydrogen) atoms. The highest BCUT2D eigenvalue weighted by Gasteiger charge is 2.13. The molecule has 1 aliphatic carbocycles. The third-order valence-corrected chi connectivity index (χ3v) is 3.37. The number of hydrogen-bond acceptors (Lipinski definition) is 1. The van der Waals surface area contributed by atoms with Crippen molar-refractivity contribution in [3.8, 4) is 0 Å². The highest BCUT2D eigenvalue weighted by molar-refractivity contribution is 5.39. The molecule has 1 aromatic heterocycles. The standard InChI is InChI=1S/C15H15N.C2H4/c1-11-4-5-14-10-15-12(3-2-8-16-15)6-7-13(14)9-11;1-2/h2-5,8-9H,6-7,10H2,1H3;1-2H2. The second kappa shape index (κ2) is 5.63. The smallest absolute Gasteiger partial charge is 0.0479 e. The van der Waals surface area contributed by atoms with Gasteiger partial charge in [0, 0.05) is 18.3 Å². The van der Waals surface area contributed by atoms with Crippen LogP contribution in [0.5, 0.6) is 0 Å². The number of benzene rings is 1. The monoisotopic (exact) mass is 237 g/mol. The van der Waals surface area contributed by atoms with E-state index in [4.69, 9.17) is 0 Å². The molecule has 0 saturated carbocycles. The molecular weight excluding hydrogens is 218 g/mol. The summed E-state index contributed by atoms with van der Waals surface area (Å²) in [5.74, 6) is 0. The van der Waals surface area contributed by atoms with Gasteiger partial charge in [0.05, 0.1) is 0 Å². The molecule has 0 atom stereocenters. The molecule has 1 heterocycles. The van der Waals surface area contributed by atoms with Gasteiger partial charge < -0.3 is 0 Å². The van der Waals surface area contributed by atoms with E-state index in [1.807, 2.05) is 12.3 Å². The first-order chi connectivity index (χ1) is 8.83. The van der Waals surface area contributed by atoms with Gasteiger partial charge in [-0.05, 0) is 42.5 Å². The number of aromatic nitrogens is 1. The maximum atomic E-state index is 4.50. The zero-order valence-corrected chi connectivity index (χ0v) is 10.9. The summed E-state index contributed by atoms with van der Waals surface area (Å²) in [4.78, 5) is 4.50. The minimum Gasteiger partial charge on any atom is -0.261 e. The molecule has 0 bridgehead atoms. The van der Waals surface area contributed by atoms with E-state index in [1.165, 1.54) is 27.9 Å². The molecule has 3 rings (SSSR count). The lowest BCUT2D eigenvalue weighted by Gasteiger charge is -2.06. The first kappa shape index (κ1) is 12.6. The summed E-state index contributed by atoms with van der Waals surface area (Å²) in [6, 6.07) is 11.0. The Labute approximate surface area is 109 Å². The minimum atomic E-state index is 0.992. The first-order valence-corrected chi connectivity index (χ1v) is 6.34. The van der Waals surface area contributed by atoms with Crippen LogP contribution in [0.3, 0.4) is 0 Å². The summed E-state index contributed by atoms with van der Waals surface area (Å²) < 4.78 is 0. The average Bonchev–Trinajstić information content (AvgIpc) is 2.60. The second-order valence-corrected chi connectivity index (χ2v) is 4.56. The Morgan fingerprint density at radius 2 is 1.78 bits per heavy atom. The van der Waals surface area contributed by atoms with Crippen LogP contribution >= 0.6 is 0 Å². The topological polar surface area (TPSA) is 12.9 Å². The Kier molecular flexibility index (Phi) is 3.93.